The average Bonchev–Trinajstić information content (AvgIpc) is 3.21. The molecule has 0 radical (unpaired) electrons. The molecule has 0 aliphatic carbocycles. The first-order valence-corrected chi connectivity index (χ1v) is 11.2. The van der Waals surface area contributed by atoms with Gasteiger partial charge in [-0.1, -0.05) is 6.07 Å². The number of benzene rings is 3. The zero-order chi connectivity index (χ0) is 26.2. The number of allylic oxidation sites excluding steroid dienone is 1. The summed E-state index contributed by atoms with van der Waals surface area (Å²) in [6, 6.07) is 12.7. The zero-order valence-corrected chi connectivity index (χ0v) is 20.4. The van der Waals surface area contributed by atoms with Gasteiger partial charge in [0.25, 0.3) is 0 Å². The van der Waals surface area contributed by atoms with E-state index in [1.807, 2.05) is 26.0 Å². The number of imidazole rings is 1. The summed E-state index contributed by atoms with van der Waals surface area (Å²) in [5.41, 5.74) is 2.61. The number of nitrogens with zero attached hydrogens (tertiary/aromatic N) is 3. The van der Waals surface area contributed by atoms with Crippen LogP contribution in [-0.4, -0.2) is 14.9 Å². The molecule has 4 rings (SSSR count). The fourth-order valence-electron chi connectivity index (χ4n) is 3.45. The second-order valence-electron chi connectivity index (χ2n) is 7.94. The van der Waals surface area contributed by atoms with Gasteiger partial charge < -0.3 is 9.72 Å². The standard InChI is InChI=1S/C25H16BrF3N4O3/c1-13-7-19-20(8-14(13)2)32-24(31-19)16(12-30)9-15-3-5-22(18(26)10-15)36-23-6-4-17(25(27,28)29)11-21(23)33(34)35/h3-11H,1-2H3,(H,31,32)/b16-9+. The number of aromatic amines is 1. The summed E-state index contributed by atoms with van der Waals surface area (Å²) in [4.78, 5) is 18.0. The zero-order valence-electron chi connectivity index (χ0n) is 18.8. The van der Waals surface area contributed by atoms with Crippen molar-refractivity contribution in [3.63, 3.8) is 0 Å². The highest BCUT2D eigenvalue weighted by atomic mass is 79.9. The van der Waals surface area contributed by atoms with Gasteiger partial charge in [-0.25, -0.2) is 4.98 Å². The lowest BCUT2D eigenvalue weighted by molar-refractivity contribution is -0.385. The van der Waals surface area contributed by atoms with E-state index in [4.69, 9.17) is 4.74 Å². The van der Waals surface area contributed by atoms with E-state index in [1.54, 1.807) is 18.2 Å². The monoisotopic (exact) mass is 556 g/mol. The third kappa shape index (κ3) is 5.08. The van der Waals surface area contributed by atoms with Crippen molar-refractivity contribution in [1.82, 2.24) is 9.97 Å². The van der Waals surface area contributed by atoms with Crippen molar-refractivity contribution < 1.29 is 22.8 Å². The molecule has 0 amide bonds. The quantitative estimate of drug-likeness (QED) is 0.154. The van der Waals surface area contributed by atoms with Crippen LogP contribution in [0.15, 0.2) is 53.0 Å². The Morgan fingerprint density at radius 3 is 2.47 bits per heavy atom. The molecule has 11 heteroatoms. The fraction of sp³-hybridized carbons (Fsp3) is 0.120. The van der Waals surface area contributed by atoms with Crippen LogP contribution in [-0.2, 0) is 6.18 Å². The number of aryl methyl sites for hydroxylation is 2. The Kier molecular flexibility index (Phi) is 6.56. The van der Waals surface area contributed by atoms with Crippen LogP contribution in [0.1, 0.15) is 28.1 Å². The first-order valence-electron chi connectivity index (χ1n) is 10.4. The average molecular weight is 557 g/mol. The molecular weight excluding hydrogens is 541 g/mol. The number of nitrogens with one attached hydrogen (secondary N) is 1. The van der Waals surface area contributed by atoms with Gasteiger partial charge in [0.15, 0.2) is 0 Å². The Labute approximate surface area is 211 Å². The van der Waals surface area contributed by atoms with Crippen molar-refractivity contribution in [3.05, 3.63) is 91.2 Å². The predicted molar refractivity (Wildman–Crippen MR) is 131 cm³/mol. The van der Waals surface area contributed by atoms with Gasteiger partial charge in [-0.15, -0.1) is 0 Å². The number of fused-ring (bicyclic) bond motifs is 1. The molecule has 182 valence electrons. The molecule has 0 bridgehead atoms. The van der Waals surface area contributed by atoms with Crippen LogP contribution >= 0.6 is 15.9 Å². The first kappa shape index (κ1) is 24.9. The van der Waals surface area contributed by atoms with E-state index in [0.29, 0.717) is 28.0 Å². The third-order valence-electron chi connectivity index (χ3n) is 5.44. The summed E-state index contributed by atoms with van der Waals surface area (Å²) in [6.45, 7) is 3.96. The number of halogens is 4. The van der Waals surface area contributed by atoms with E-state index in [2.05, 4.69) is 32.0 Å². The minimum atomic E-state index is -4.73. The molecule has 3 aromatic carbocycles. The first-order chi connectivity index (χ1) is 17.0. The number of nitro benzene ring substituents is 1. The Hall–Kier alpha value is -4.17. The minimum absolute atomic E-state index is 0.142. The van der Waals surface area contributed by atoms with Crippen LogP contribution in [0.5, 0.6) is 11.5 Å². The van der Waals surface area contributed by atoms with E-state index in [9.17, 15) is 28.5 Å². The smallest absolute Gasteiger partial charge is 0.416 e. The van der Waals surface area contributed by atoms with E-state index in [1.165, 1.54) is 6.07 Å². The largest absolute Gasteiger partial charge is 0.449 e. The summed E-state index contributed by atoms with van der Waals surface area (Å²) < 4.78 is 44.7. The summed E-state index contributed by atoms with van der Waals surface area (Å²) in [5.74, 6) is 0.195. The molecule has 1 heterocycles. The minimum Gasteiger partial charge on any atom is -0.449 e. The molecule has 7 nitrogen and oxygen atoms in total. The second-order valence-corrected chi connectivity index (χ2v) is 8.79. The maximum Gasteiger partial charge on any atom is 0.416 e. The Morgan fingerprint density at radius 2 is 1.83 bits per heavy atom. The number of ether oxygens (including phenoxy) is 1. The van der Waals surface area contributed by atoms with Gasteiger partial charge in [0, 0.05) is 6.07 Å². The molecule has 36 heavy (non-hydrogen) atoms. The van der Waals surface area contributed by atoms with Crippen molar-refractivity contribution in [3.8, 4) is 17.6 Å². The number of H-pyrrole nitrogens is 1. The summed E-state index contributed by atoms with van der Waals surface area (Å²) in [7, 11) is 0. The molecule has 0 aliphatic rings. The van der Waals surface area contributed by atoms with Crippen LogP contribution in [0.2, 0.25) is 0 Å². The molecule has 0 spiro atoms. The number of aromatic nitrogens is 2. The molecule has 1 N–H and O–H groups in total. The van der Waals surface area contributed by atoms with Crippen molar-refractivity contribution in [2.45, 2.75) is 20.0 Å². The molecular formula is C25H16BrF3N4O3. The number of hydrogen-bond acceptors (Lipinski definition) is 5. The van der Waals surface area contributed by atoms with Gasteiger partial charge in [0.1, 0.15) is 17.6 Å². The van der Waals surface area contributed by atoms with Crippen molar-refractivity contribution in [1.29, 1.82) is 5.26 Å². The van der Waals surface area contributed by atoms with E-state index in [0.717, 1.165) is 28.2 Å². The van der Waals surface area contributed by atoms with Crippen molar-refractivity contribution in [2.24, 2.45) is 0 Å². The summed E-state index contributed by atoms with van der Waals surface area (Å²) >= 11 is 3.31. The highest BCUT2D eigenvalue weighted by molar-refractivity contribution is 9.10. The number of nitriles is 1. The normalized spacial score (nSPS) is 12.0. The number of rotatable bonds is 5. The van der Waals surface area contributed by atoms with Crippen LogP contribution < -0.4 is 4.74 Å². The van der Waals surface area contributed by atoms with Gasteiger partial charge in [-0.3, -0.25) is 10.1 Å². The van der Waals surface area contributed by atoms with Crippen molar-refractivity contribution in [2.75, 3.05) is 0 Å². The van der Waals surface area contributed by atoms with Crippen LogP contribution in [0, 0.1) is 35.3 Å². The second kappa shape index (κ2) is 9.47. The van der Waals surface area contributed by atoms with Crippen LogP contribution in [0.25, 0.3) is 22.7 Å². The van der Waals surface area contributed by atoms with E-state index >= 15 is 0 Å². The topological polar surface area (TPSA) is 105 Å². The number of nitro groups is 1. The lowest BCUT2D eigenvalue weighted by atomic mass is 10.1. The lowest BCUT2D eigenvalue weighted by Crippen LogP contribution is -2.06. The number of alkyl halides is 3. The van der Waals surface area contributed by atoms with Gasteiger partial charge in [0.2, 0.25) is 5.75 Å². The summed E-state index contributed by atoms with van der Waals surface area (Å²) in [6.07, 6.45) is -3.12. The Morgan fingerprint density at radius 1 is 1.14 bits per heavy atom. The number of hydrogen-bond donors (Lipinski definition) is 1. The van der Waals surface area contributed by atoms with Gasteiger partial charge >= 0.3 is 11.9 Å². The maximum absolute atomic E-state index is 12.9. The maximum atomic E-state index is 12.9. The fourth-order valence-corrected chi connectivity index (χ4v) is 3.93. The van der Waals surface area contributed by atoms with E-state index in [-0.39, 0.29) is 17.1 Å². The molecule has 4 aromatic rings. The molecule has 0 atom stereocenters. The molecule has 1 aromatic heterocycles. The molecule has 0 fully saturated rings. The van der Waals surface area contributed by atoms with E-state index < -0.39 is 22.4 Å². The van der Waals surface area contributed by atoms with Gasteiger partial charge in [0.05, 0.1) is 31.6 Å². The Bertz CT molecular complexity index is 1550. The lowest BCUT2D eigenvalue weighted by Gasteiger charge is -2.11. The molecule has 0 unspecified atom stereocenters. The molecule has 0 aliphatic heterocycles. The molecule has 0 saturated heterocycles. The van der Waals surface area contributed by atoms with Crippen LogP contribution in [0.4, 0.5) is 18.9 Å². The van der Waals surface area contributed by atoms with Crippen molar-refractivity contribution >= 4 is 44.3 Å². The Balaban J connectivity index is 1.64. The highest BCUT2D eigenvalue weighted by Gasteiger charge is 2.33. The third-order valence-corrected chi connectivity index (χ3v) is 6.06. The predicted octanol–water partition coefficient (Wildman–Crippen LogP) is 7.73. The molecule has 0 saturated carbocycles. The summed E-state index contributed by atoms with van der Waals surface area (Å²) in [5, 5.41) is 21.0. The van der Waals surface area contributed by atoms with Gasteiger partial charge in [-0.2, -0.15) is 18.4 Å². The highest BCUT2D eigenvalue weighted by Crippen LogP contribution is 2.39. The van der Waals surface area contributed by atoms with Crippen LogP contribution in [0.3, 0.4) is 0 Å². The van der Waals surface area contributed by atoms with Gasteiger partial charge in [-0.05, 0) is 88.9 Å². The SMILES string of the molecule is Cc1cc2nc(/C(C#N)=C/c3ccc(Oc4ccc(C(F)(F)F)cc4[N+](=O)[O-])c(Br)c3)[nH]c2cc1C.